The molecule has 0 N–H and O–H groups in total. The summed E-state index contributed by atoms with van der Waals surface area (Å²) in [7, 11) is 0. The van der Waals surface area contributed by atoms with E-state index in [1.165, 1.54) is 29.9 Å². The molecule has 4 rings (SSSR count). The number of piperidine rings is 1. The van der Waals surface area contributed by atoms with Crippen LogP contribution in [0.4, 0.5) is 4.39 Å². The predicted molar refractivity (Wildman–Crippen MR) is 103 cm³/mol. The highest BCUT2D eigenvalue weighted by Gasteiger charge is 2.29. The lowest BCUT2D eigenvalue weighted by Crippen LogP contribution is -2.46. The number of likely N-dealkylation sites (tertiary alicyclic amines) is 1. The van der Waals surface area contributed by atoms with Crippen molar-refractivity contribution < 1.29 is 9.13 Å². The van der Waals surface area contributed by atoms with Crippen molar-refractivity contribution >= 4 is 0 Å². The van der Waals surface area contributed by atoms with Crippen molar-refractivity contribution in [1.82, 2.24) is 14.5 Å². The van der Waals surface area contributed by atoms with E-state index in [0.717, 1.165) is 43.1 Å². The molecule has 0 spiro atoms. The normalized spacial score (nSPS) is 19.0. The number of hydrogen-bond acceptors (Lipinski definition) is 4. The molecule has 2 aromatic heterocycles. The van der Waals surface area contributed by atoms with Crippen molar-refractivity contribution in [2.45, 2.75) is 50.8 Å². The molecule has 2 aromatic rings. The quantitative estimate of drug-likeness (QED) is 0.782. The highest BCUT2D eigenvalue weighted by atomic mass is 19.1. The molecule has 3 heterocycles. The molecule has 0 aromatic carbocycles. The van der Waals surface area contributed by atoms with Crippen molar-refractivity contribution in [2.75, 3.05) is 19.8 Å². The number of halogens is 1. The summed E-state index contributed by atoms with van der Waals surface area (Å²) in [5, 5.41) is 0. The van der Waals surface area contributed by atoms with E-state index in [1.54, 1.807) is 12.4 Å². The summed E-state index contributed by atoms with van der Waals surface area (Å²) in [6.45, 7) is 1.77. The molecule has 1 aliphatic carbocycles. The number of hydrogen-bond donors (Lipinski definition) is 0. The van der Waals surface area contributed by atoms with Gasteiger partial charge in [-0.05, 0) is 43.4 Å². The maximum absolute atomic E-state index is 12.4. The van der Waals surface area contributed by atoms with Crippen LogP contribution in [-0.2, 0) is 6.54 Å². The Balaban J connectivity index is 1.35. The van der Waals surface area contributed by atoms with Gasteiger partial charge in [-0.2, -0.15) is 0 Å². The summed E-state index contributed by atoms with van der Waals surface area (Å²) < 4.78 is 19.8. The third kappa shape index (κ3) is 4.21. The van der Waals surface area contributed by atoms with Gasteiger partial charge in [0.25, 0.3) is 5.56 Å². The van der Waals surface area contributed by atoms with E-state index in [-0.39, 0.29) is 18.2 Å². The summed E-state index contributed by atoms with van der Waals surface area (Å²) in [6.07, 6.45) is 9.76. The molecule has 0 radical (unpaired) electrons. The topological polar surface area (TPSA) is 47.4 Å². The van der Waals surface area contributed by atoms with Crippen LogP contribution in [-0.4, -0.2) is 46.4 Å². The zero-order valence-corrected chi connectivity index (χ0v) is 15.5. The first-order valence-corrected chi connectivity index (χ1v) is 9.86. The fourth-order valence-corrected chi connectivity index (χ4v) is 3.87. The number of nitrogens with zero attached hydrogens (tertiary/aromatic N) is 3. The Labute approximate surface area is 158 Å². The van der Waals surface area contributed by atoms with Gasteiger partial charge in [-0.3, -0.25) is 4.79 Å². The Morgan fingerprint density at radius 3 is 2.52 bits per heavy atom. The fourth-order valence-electron chi connectivity index (χ4n) is 3.87. The maximum atomic E-state index is 12.4. The number of pyridine rings is 2. The van der Waals surface area contributed by atoms with Gasteiger partial charge in [0, 0.05) is 49.2 Å². The van der Waals surface area contributed by atoms with Gasteiger partial charge in [0.15, 0.2) is 0 Å². The van der Waals surface area contributed by atoms with E-state index in [1.807, 2.05) is 18.2 Å². The third-order valence-electron chi connectivity index (χ3n) is 5.75. The van der Waals surface area contributed by atoms with Crippen LogP contribution in [0.25, 0.3) is 11.1 Å². The first kappa shape index (κ1) is 18.2. The van der Waals surface area contributed by atoms with Crippen LogP contribution in [0.5, 0.6) is 5.88 Å². The summed E-state index contributed by atoms with van der Waals surface area (Å²) in [4.78, 5) is 19.0. The minimum Gasteiger partial charge on any atom is -0.474 e. The molecule has 1 saturated carbocycles. The molecule has 0 bridgehead atoms. The standard InChI is InChI=1S/C21H26FN3O2/c22-9-13-25-10-6-16(14-21(25)26)17-4-5-20(23-15-17)27-19-7-11-24(12-8-19)18-2-1-3-18/h4-6,10,14-15,18-19H,1-3,7-9,11-13H2. The van der Waals surface area contributed by atoms with Crippen LogP contribution < -0.4 is 10.3 Å². The Hall–Kier alpha value is -2.21. The summed E-state index contributed by atoms with van der Waals surface area (Å²) >= 11 is 0. The fraction of sp³-hybridized carbons (Fsp3) is 0.524. The number of aromatic nitrogens is 2. The minimum absolute atomic E-state index is 0.0870. The second kappa shape index (κ2) is 8.21. The summed E-state index contributed by atoms with van der Waals surface area (Å²) in [5.41, 5.74) is 1.43. The predicted octanol–water partition coefficient (Wildman–Crippen LogP) is 3.28. The lowest BCUT2D eigenvalue weighted by molar-refractivity contribution is 0.0475. The lowest BCUT2D eigenvalue weighted by Gasteiger charge is -2.41. The van der Waals surface area contributed by atoms with E-state index in [0.29, 0.717) is 5.88 Å². The molecule has 0 unspecified atom stereocenters. The second-order valence-corrected chi connectivity index (χ2v) is 7.46. The van der Waals surface area contributed by atoms with Gasteiger partial charge in [0.05, 0.1) is 6.54 Å². The monoisotopic (exact) mass is 371 g/mol. The Bertz CT molecular complexity index is 809. The van der Waals surface area contributed by atoms with E-state index in [4.69, 9.17) is 4.74 Å². The SMILES string of the molecule is O=c1cc(-c2ccc(OC3CCN(C4CCC4)CC3)nc2)ccn1CCF. The van der Waals surface area contributed by atoms with Crippen molar-refractivity contribution in [3.63, 3.8) is 0 Å². The van der Waals surface area contributed by atoms with Gasteiger partial charge in [0.1, 0.15) is 12.8 Å². The van der Waals surface area contributed by atoms with Gasteiger partial charge >= 0.3 is 0 Å². The largest absolute Gasteiger partial charge is 0.474 e. The van der Waals surface area contributed by atoms with Gasteiger partial charge in [-0.25, -0.2) is 9.37 Å². The summed E-state index contributed by atoms with van der Waals surface area (Å²) in [5.74, 6) is 0.631. The lowest BCUT2D eigenvalue weighted by atomic mass is 9.90. The zero-order chi connectivity index (χ0) is 18.6. The highest BCUT2D eigenvalue weighted by Crippen LogP contribution is 2.28. The number of rotatable bonds is 6. The van der Waals surface area contributed by atoms with Crippen LogP contribution in [0.1, 0.15) is 32.1 Å². The molecule has 2 fully saturated rings. The smallest absolute Gasteiger partial charge is 0.251 e. The molecule has 144 valence electrons. The van der Waals surface area contributed by atoms with E-state index >= 15 is 0 Å². The van der Waals surface area contributed by atoms with Crippen LogP contribution in [0, 0.1) is 0 Å². The van der Waals surface area contributed by atoms with Crippen LogP contribution in [0.15, 0.2) is 41.5 Å². The average Bonchev–Trinajstić information content (AvgIpc) is 2.64. The molecule has 2 aliphatic rings. The maximum Gasteiger partial charge on any atom is 0.251 e. The van der Waals surface area contributed by atoms with Crippen LogP contribution in [0.2, 0.25) is 0 Å². The molecular weight excluding hydrogens is 345 g/mol. The first-order valence-electron chi connectivity index (χ1n) is 9.86. The zero-order valence-electron chi connectivity index (χ0n) is 15.5. The van der Waals surface area contributed by atoms with Gasteiger partial charge in [-0.1, -0.05) is 6.42 Å². The van der Waals surface area contributed by atoms with Crippen molar-refractivity contribution in [1.29, 1.82) is 0 Å². The molecule has 0 atom stereocenters. The van der Waals surface area contributed by atoms with Crippen LogP contribution in [0.3, 0.4) is 0 Å². The number of ether oxygens (including phenoxy) is 1. The average molecular weight is 371 g/mol. The molecular formula is C21H26FN3O2. The molecule has 1 aliphatic heterocycles. The van der Waals surface area contributed by atoms with Gasteiger partial charge < -0.3 is 14.2 Å². The third-order valence-corrected chi connectivity index (χ3v) is 5.75. The number of aryl methyl sites for hydroxylation is 1. The van der Waals surface area contributed by atoms with E-state index in [9.17, 15) is 9.18 Å². The number of alkyl halides is 1. The first-order chi connectivity index (χ1) is 13.2. The van der Waals surface area contributed by atoms with Crippen molar-refractivity contribution in [3.8, 4) is 17.0 Å². The second-order valence-electron chi connectivity index (χ2n) is 7.46. The molecule has 27 heavy (non-hydrogen) atoms. The molecule has 0 amide bonds. The minimum atomic E-state index is -0.549. The highest BCUT2D eigenvalue weighted by molar-refractivity contribution is 5.61. The Morgan fingerprint density at radius 2 is 1.93 bits per heavy atom. The Kier molecular flexibility index (Phi) is 5.53. The Morgan fingerprint density at radius 1 is 1.11 bits per heavy atom. The van der Waals surface area contributed by atoms with Crippen molar-refractivity contribution in [3.05, 3.63) is 47.0 Å². The molecule has 1 saturated heterocycles. The molecule has 6 heteroatoms. The van der Waals surface area contributed by atoms with Crippen LogP contribution >= 0.6 is 0 Å². The summed E-state index contributed by atoms with van der Waals surface area (Å²) in [6, 6.07) is 7.92. The van der Waals surface area contributed by atoms with Gasteiger partial charge in [0.2, 0.25) is 5.88 Å². The van der Waals surface area contributed by atoms with E-state index in [2.05, 4.69) is 9.88 Å². The van der Waals surface area contributed by atoms with Gasteiger partial charge in [-0.15, -0.1) is 0 Å². The van der Waals surface area contributed by atoms with E-state index < -0.39 is 6.67 Å². The van der Waals surface area contributed by atoms with Crippen molar-refractivity contribution in [2.24, 2.45) is 0 Å². The molecule has 5 nitrogen and oxygen atoms in total.